The first-order valence-corrected chi connectivity index (χ1v) is 10.2. The molecule has 0 N–H and O–H groups in total. The van der Waals surface area contributed by atoms with Crippen LogP contribution in [-0.2, 0) is 9.53 Å². The van der Waals surface area contributed by atoms with E-state index in [1.165, 1.54) is 6.92 Å². The third kappa shape index (κ3) is 3.75. The Hall–Kier alpha value is -3.61. The SMILES string of the molecule is COc1cc2occ(C(OC(C)=O)c3ccc4c(c3OC)C=CC(C)(C)O4)c2cc1OC. The van der Waals surface area contributed by atoms with Crippen molar-refractivity contribution in [3.8, 4) is 23.0 Å². The molecule has 1 unspecified atom stereocenters. The van der Waals surface area contributed by atoms with Crippen molar-refractivity contribution >= 4 is 23.0 Å². The van der Waals surface area contributed by atoms with E-state index >= 15 is 0 Å². The first kappa shape index (κ1) is 21.6. The third-order valence-corrected chi connectivity index (χ3v) is 5.37. The highest BCUT2D eigenvalue weighted by Crippen LogP contribution is 2.45. The Bertz CT molecular complexity index is 1200. The van der Waals surface area contributed by atoms with Crippen LogP contribution in [0.25, 0.3) is 17.0 Å². The molecule has 0 bridgehead atoms. The molecule has 0 fully saturated rings. The van der Waals surface area contributed by atoms with Gasteiger partial charge in [-0.15, -0.1) is 0 Å². The summed E-state index contributed by atoms with van der Waals surface area (Å²) in [5, 5.41) is 0.738. The quantitative estimate of drug-likeness (QED) is 0.484. The maximum absolute atomic E-state index is 12.1. The van der Waals surface area contributed by atoms with Gasteiger partial charge in [-0.3, -0.25) is 4.79 Å². The number of methoxy groups -OCH3 is 3. The van der Waals surface area contributed by atoms with Crippen molar-refractivity contribution < 1.29 is 32.9 Å². The van der Waals surface area contributed by atoms with Gasteiger partial charge in [0.25, 0.3) is 0 Å². The minimum atomic E-state index is -0.768. The van der Waals surface area contributed by atoms with Crippen LogP contribution in [0.2, 0.25) is 0 Å². The lowest BCUT2D eigenvalue weighted by atomic mass is 9.94. The van der Waals surface area contributed by atoms with Gasteiger partial charge in [-0.1, -0.05) is 0 Å². The molecule has 7 nitrogen and oxygen atoms in total. The van der Waals surface area contributed by atoms with Crippen molar-refractivity contribution in [2.75, 3.05) is 21.3 Å². The largest absolute Gasteiger partial charge is 0.496 e. The molecule has 0 aliphatic carbocycles. The van der Waals surface area contributed by atoms with E-state index in [-0.39, 0.29) is 0 Å². The van der Waals surface area contributed by atoms with E-state index in [4.69, 9.17) is 28.1 Å². The number of benzene rings is 2. The summed E-state index contributed by atoms with van der Waals surface area (Å²) in [6.45, 7) is 5.33. The van der Waals surface area contributed by atoms with E-state index < -0.39 is 17.7 Å². The Kier molecular flexibility index (Phi) is 5.50. The number of furan rings is 1. The second-order valence-electron chi connectivity index (χ2n) is 8.02. The summed E-state index contributed by atoms with van der Waals surface area (Å²) in [6.07, 6.45) is 4.74. The van der Waals surface area contributed by atoms with Crippen molar-refractivity contribution in [3.63, 3.8) is 0 Å². The van der Waals surface area contributed by atoms with Gasteiger partial charge >= 0.3 is 5.97 Å². The van der Waals surface area contributed by atoms with E-state index in [0.717, 1.165) is 10.9 Å². The number of carbonyl (C=O) groups is 1. The minimum absolute atomic E-state index is 0.425. The van der Waals surface area contributed by atoms with Crippen LogP contribution >= 0.6 is 0 Å². The highest BCUT2D eigenvalue weighted by molar-refractivity contribution is 5.86. The monoisotopic (exact) mass is 438 g/mol. The molecule has 1 aliphatic rings. The lowest BCUT2D eigenvalue weighted by Gasteiger charge is -2.30. The standard InChI is InChI=1S/C25H26O7/c1-14(26)31-24(18-13-30-20-12-22(28-5)21(27-4)11-17(18)20)16-7-8-19-15(23(16)29-6)9-10-25(2,3)32-19/h7-13,24H,1-6H3. The molecule has 4 rings (SSSR count). The fraction of sp³-hybridized carbons (Fsp3) is 0.320. The highest BCUT2D eigenvalue weighted by Gasteiger charge is 2.31. The maximum Gasteiger partial charge on any atom is 0.303 e. The van der Waals surface area contributed by atoms with Crippen LogP contribution in [0.1, 0.15) is 43.6 Å². The molecule has 1 aromatic heterocycles. The van der Waals surface area contributed by atoms with Crippen LogP contribution in [0.15, 0.2) is 41.0 Å². The molecular weight excluding hydrogens is 412 g/mol. The van der Waals surface area contributed by atoms with Crippen LogP contribution in [0.4, 0.5) is 0 Å². The molecule has 7 heteroatoms. The summed E-state index contributed by atoms with van der Waals surface area (Å²) < 4.78 is 34.2. The third-order valence-electron chi connectivity index (χ3n) is 5.37. The summed E-state index contributed by atoms with van der Waals surface area (Å²) in [7, 11) is 4.70. The van der Waals surface area contributed by atoms with Crippen molar-refractivity contribution in [2.45, 2.75) is 32.5 Å². The Morgan fingerprint density at radius 3 is 2.38 bits per heavy atom. The topological polar surface area (TPSA) is 76.4 Å². The summed E-state index contributed by atoms with van der Waals surface area (Å²) >= 11 is 0. The molecule has 32 heavy (non-hydrogen) atoms. The van der Waals surface area contributed by atoms with E-state index in [1.807, 2.05) is 38.1 Å². The molecule has 2 aromatic carbocycles. The van der Waals surface area contributed by atoms with Gasteiger partial charge in [-0.2, -0.15) is 0 Å². The van der Waals surface area contributed by atoms with E-state index in [1.54, 1.807) is 39.7 Å². The van der Waals surface area contributed by atoms with Gasteiger partial charge in [-0.25, -0.2) is 0 Å². The Morgan fingerprint density at radius 2 is 1.72 bits per heavy atom. The smallest absolute Gasteiger partial charge is 0.303 e. The van der Waals surface area contributed by atoms with E-state index in [2.05, 4.69) is 0 Å². The first-order valence-electron chi connectivity index (χ1n) is 10.2. The second-order valence-corrected chi connectivity index (χ2v) is 8.02. The molecule has 2 heterocycles. The number of ether oxygens (including phenoxy) is 5. The van der Waals surface area contributed by atoms with Gasteiger partial charge in [0, 0.05) is 29.5 Å². The van der Waals surface area contributed by atoms with Crippen molar-refractivity contribution in [3.05, 3.63) is 53.3 Å². The summed E-state index contributed by atoms with van der Waals surface area (Å²) in [5.41, 5.74) is 2.28. The van der Waals surface area contributed by atoms with Crippen LogP contribution in [0, 0.1) is 0 Å². The zero-order chi connectivity index (χ0) is 23.0. The van der Waals surface area contributed by atoms with Gasteiger partial charge in [0.1, 0.15) is 22.7 Å². The molecule has 168 valence electrons. The van der Waals surface area contributed by atoms with Crippen LogP contribution in [0.5, 0.6) is 23.0 Å². The van der Waals surface area contributed by atoms with Gasteiger partial charge < -0.3 is 28.1 Å². The molecule has 1 aliphatic heterocycles. The number of fused-ring (bicyclic) bond motifs is 2. The Morgan fingerprint density at radius 1 is 1.00 bits per heavy atom. The predicted octanol–water partition coefficient (Wildman–Crippen LogP) is 5.30. The maximum atomic E-state index is 12.1. The Balaban J connectivity index is 1.90. The van der Waals surface area contributed by atoms with Gasteiger partial charge in [0.2, 0.25) is 0 Å². The Labute approximate surface area is 186 Å². The fourth-order valence-electron chi connectivity index (χ4n) is 3.92. The van der Waals surface area contributed by atoms with E-state index in [0.29, 0.717) is 39.7 Å². The normalized spacial score (nSPS) is 14.9. The zero-order valence-electron chi connectivity index (χ0n) is 19.0. The molecule has 1 atom stereocenters. The van der Waals surface area contributed by atoms with Crippen molar-refractivity contribution in [2.24, 2.45) is 0 Å². The van der Waals surface area contributed by atoms with E-state index in [9.17, 15) is 4.79 Å². The minimum Gasteiger partial charge on any atom is -0.496 e. The number of hydrogen-bond acceptors (Lipinski definition) is 7. The predicted molar refractivity (Wildman–Crippen MR) is 120 cm³/mol. The van der Waals surface area contributed by atoms with Crippen molar-refractivity contribution in [1.29, 1.82) is 0 Å². The molecule has 0 saturated heterocycles. The van der Waals surface area contributed by atoms with Crippen molar-refractivity contribution in [1.82, 2.24) is 0 Å². The number of rotatable bonds is 6. The second kappa shape index (κ2) is 8.15. The van der Waals surface area contributed by atoms with Crippen LogP contribution < -0.4 is 18.9 Å². The lowest BCUT2D eigenvalue weighted by molar-refractivity contribution is -0.144. The van der Waals surface area contributed by atoms with Gasteiger partial charge in [0.05, 0.1) is 33.2 Å². The molecule has 0 amide bonds. The average molecular weight is 438 g/mol. The molecule has 0 spiro atoms. The average Bonchev–Trinajstić information content (AvgIpc) is 3.17. The van der Waals surface area contributed by atoms with Gasteiger partial charge in [-0.05, 0) is 44.2 Å². The first-order chi connectivity index (χ1) is 15.3. The summed E-state index contributed by atoms with van der Waals surface area (Å²) in [4.78, 5) is 12.1. The molecule has 0 radical (unpaired) electrons. The summed E-state index contributed by atoms with van der Waals surface area (Å²) in [5.74, 6) is 1.91. The molecule has 0 saturated carbocycles. The van der Waals surface area contributed by atoms with Crippen LogP contribution in [0.3, 0.4) is 0 Å². The van der Waals surface area contributed by atoms with Gasteiger partial charge in [0.15, 0.2) is 17.6 Å². The molecular formula is C25H26O7. The lowest BCUT2D eigenvalue weighted by Crippen LogP contribution is -2.27. The summed E-state index contributed by atoms with van der Waals surface area (Å²) in [6, 6.07) is 7.26. The number of carbonyl (C=O) groups excluding carboxylic acids is 1. The van der Waals surface area contributed by atoms with Crippen LogP contribution in [-0.4, -0.2) is 32.9 Å². The highest BCUT2D eigenvalue weighted by atomic mass is 16.5. The number of hydrogen-bond donors (Lipinski definition) is 0. The fourth-order valence-corrected chi connectivity index (χ4v) is 3.92. The number of esters is 1. The molecule has 3 aromatic rings. The zero-order valence-corrected chi connectivity index (χ0v) is 19.0.